The van der Waals surface area contributed by atoms with Gasteiger partial charge in [-0.05, 0) is 0 Å². The first-order valence-corrected chi connectivity index (χ1v) is 3.73. The van der Waals surface area contributed by atoms with Crippen molar-refractivity contribution < 1.29 is 19.1 Å². The molecule has 0 unspecified atom stereocenters. The van der Waals surface area contributed by atoms with Crippen LogP contribution in [0, 0.1) is 0 Å². The van der Waals surface area contributed by atoms with Gasteiger partial charge in [0.05, 0.1) is 12.8 Å². The summed E-state index contributed by atoms with van der Waals surface area (Å²) in [6.45, 7) is 6.35. The predicted molar refractivity (Wildman–Crippen MR) is 46.7 cm³/mol. The first kappa shape index (κ1) is 11.4. The molecule has 0 saturated carbocycles. The number of carbonyl (C=O) groups is 2. The number of hydrogen-bond donors (Lipinski definition) is 0. The van der Waals surface area contributed by atoms with Crippen molar-refractivity contribution in [1.82, 2.24) is 0 Å². The van der Waals surface area contributed by atoms with Crippen molar-refractivity contribution in [3.8, 4) is 0 Å². The first-order chi connectivity index (χ1) is 6.20. The van der Waals surface area contributed by atoms with Crippen molar-refractivity contribution in [2.45, 2.75) is 12.8 Å². The quantitative estimate of drug-likeness (QED) is 0.353. The maximum absolute atomic E-state index is 10.7. The zero-order chi connectivity index (χ0) is 10.1. The van der Waals surface area contributed by atoms with Crippen LogP contribution in [0.2, 0.25) is 0 Å². The van der Waals surface area contributed by atoms with E-state index in [1.165, 1.54) is 12.2 Å². The largest absolute Gasteiger partial charge is 0.428 e. The molecule has 0 aromatic rings. The summed E-state index contributed by atoms with van der Waals surface area (Å²) in [5, 5.41) is 0. The van der Waals surface area contributed by atoms with Gasteiger partial charge in [0, 0.05) is 0 Å². The van der Waals surface area contributed by atoms with Crippen LogP contribution in [0.15, 0.2) is 25.3 Å². The van der Waals surface area contributed by atoms with Gasteiger partial charge in [-0.3, -0.25) is 9.59 Å². The molecule has 13 heavy (non-hydrogen) atoms. The van der Waals surface area contributed by atoms with E-state index in [2.05, 4.69) is 22.6 Å². The molecule has 0 aliphatic heterocycles. The highest BCUT2D eigenvalue weighted by Gasteiger charge is 2.02. The minimum Gasteiger partial charge on any atom is -0.428 e. The van der Waals surface area contributed by atoms with Crippen molar-refractivity contribution in [3.05, 3.63) is 25.3 Å². The highest BCUT2D eigenvalue weighted by Crippen LogP contribution is 1.90. The molecule has 0 bridgehead atoms. The van der Waals surface area contributed by atoms with Crippen LogP contribution in [-0.2, 0) is 19.1 Å². The summed E-state index contributed by atoms with van der Waals surface area (Å²) >= 11 is 0. The first-order valence-electron chi connectivity index (χ1n) is 3.73. The van der Waals surface area contributed by atoms with Gasteiger partial charge >= 0.3 is 11.9 Å². The van der Waals surface area contributed by atoms with Gasteiger partial charge < -0.3 is 9.47 Å². The Kier molecular flexibility index (Phi) is 6.23. The van der Waals surface area contributed by atoms with Gasteiger partial charge in [0.15, 0.2) is 0 Å². The Bertz CT molecular complexity index is 186. The van der Waals surface area contributed by atoms with E-state index in [-0.39, 0.29) is 19.6 Å². The maximum atomic E-state index is 10.7. The molecule has 0 aliphatic rings. The second-order valence-corrected chi connectivity index (χ2v) is 2.14. The number of rotatable bonds is 6. The van der Waals surface area contributed by atoms with Crippen LogP contribution in [0.5, 0.6) is 0 Å². The van der Waals surface area contributed by atoms with Crippen molar-refractivity contribution in [2.75, 3.05) is 6.79 Å². The lowest BCUT2D eigenvalue weighted by Crippen LogP contribution is -2.11. The summed E-state index contributed by atoms with van der Waals surface area (Å²) in [5.74, 6) is -0.942. The van der Waals surface area contributed by atoms with Crippen LogP contribution in [0.25, 0.3) is 0 Å². The van der Waals surface area contributed by atoms with Crippen LogP contribution in [-0.4, -0.2) is 18.7 Å². The fourth-order valence-corrected chi connectivity index (χ4v) is 0.514. The van der Waals surface area contributed by atoms with E-state index in [0.29, 0.717) is 0 Å². The van der Waals surface area contributed by atoms with Crippen LogP contribution in [0.4, 0.5) is 0 Å². The van der Waals surface area contributed by atoms with Crippen molar-refractivity contribution in [2.24, 2.45) is 0 Å². The summed E-state index contributed by atoms with van der Waals surface area (Å²) in [7, 11) is 0. The third kappa shape index (κ3) is 6.80. The molecule has 4 nitrogen and oxygen atoms in total. The third-order valence-electron chi connectivity index (χ3n) is 1.06. The highest BCUT2D eigenvalue weighted by molar-refractivity contribution is 5.72. The average Bonchev–Trinajstić information content (AvgIpc) is 2.05. The Morgan fingerprint density at radius 2 is 1.38 bits per heavy atom. The van der Waals surface area contributed by atoms with Crippen LogP contribution < -0.4 is 0 Å². The molecule has 0 atom stereocenters. The molecule has 0 aliphatic carbocycles. The van der Waals surface area contributed by atoms with Gasteiger partial charge in [0.25, 0.3) is 0 Å². The fourth-order valence-electron chi connectivity index (χ4n) is 0.514. The van der Waals surface area contributed by atoms with Crippen molar-refractivity contribution in [3.63, 3.8) is 0 Å². The molecule has 0 aromatic heterocycles. The molecule has 0 saturated heterocycles. The van der Waals surface area contributed by atoms with Gasteiger partial charge in [-0.15, -0.1) is 13.2 Å². The Hall–Kier alpha value is -1.58. The van der Waals surface area contributed by atoms with E-state index in [9.17, 15) is 9.59 Å². The molecule has 4 heteroatoms. The zero-order valence-electron chi connectivity index (χ0n) is 7.32. The molecular formula is C9H12O4. The Morgan fingerprint density at radius 3 is 1.69 bits per heavy atom. The normalized spacial score (nSPS) is 8.62. The van der Waals surface area contributed by atoms with Crippen LogP contribution >= 0.6 is 0 Å². The van der Waals surface area contributed by atoms with Crippen LogP contribution in [0.1, 0.15) is 12.8 Å². The monoisotopic (exact) mass is 184 g/mol. The summed E-state index contributed by atoms with van der Waals surface area (Å²) in [6.07, 6.45) is 3.04. The molecule has 0 N–H and O–H groups in total. The molecule has 72 valence electrons. The lowest BCUT2D eigenvalue weighted by molar-refractivity contribution is -0.165. The molecule has 0 aromatic carbocycles. The number of esters is 2. The smallest absolute Gasteiger partial charge is 0.312 e. The average molecular weight is 184 g/mol. The highest BCUT2D eigenvalue weighted by atomic mass is 16.7. The van der Waals surface area contributed by atoms with Crippen molar-refractivity contribution in [1.29, 1.82) is 0 Å². The second-order valence-electron chi connectivity index (χ2n) is 2.14. The second kappa shape index (κ2) is 7.09. The van der Waals surface area contributed by atoms with Gasteiger partial charge in [-0.2, -0.15) is 0 Å². The zero-order valence-corrected chi connectivity index (χ0v) is 7.32. The SMILES string of the molecule is C=CCC(=O)OCOC(=O)CC=C. The Morgan fingerprint density at radius 1 is 1.00 bits per heavy atom. The van der Waals surface area contributed by atoms with E-state index >= 15 is 0 Å². The number of hydrogen-bond acceptors (Lipinski definition) is 4. The lowest BCUT2D eigenvalue weighted by atomic mass is 10.4. The van der Waals surface area contributed by atoms with Crippen molar-refractivity contribution >= 4 is 11.9 Å². The summed E-state index contributed by atoms with van der Waals surface area (Å²) < 4.78 is 9.02. The van der Waals surface area contributed by atoms with Gasteiger partial charge in [0.2, 0.25) is 6.79 Å². The fraction of sp³-hybridized carbons (Fsp3) is 0.333. The molecule has 0 amide bonds. The maximum Gasteiger partial charge on any atom is 0.312 e. The molecular weight excluding hydrogens is 172 g/mol. The van der Waals surface area contributed by atoms with E-state index in [1.807, 2.05) is 0 Å². The molecule has 0 spiro atoms. The summed E-state index contributed by atoms with van der Waals surface area (Å²) in [6, 6.07) is 0. The standard InChI is InChI=1S/C9H12O4/c1-3-5-8(10)12-7-13-9(11)6-4-2/h3-4H,1-2,5-7H2. The minimum absolute atomic E-state index is 0.110. The summed E-state index contributed by atoms with van der Waals surface area (Å²) in [4.78, 5) is 21.4. The summed E-state index contributed by atoms with van der Waals surface area (Å²) in [5.41, 5.74) is 0. The minimum atomic E-state index is -0.471. The van der Waals surface area contributed by atoms with Crippen LogP contribution in [0.3, 0.4) is 0 Å². The van der Waals surface area contributed by atoms with Gasteiger partial charge in [-0.1, -0.05) is 12.2 Å². The van der Waals surface area contributed by atoms with Gasteiger partial charge in [0.1, 0.15) is 0 Å². The topological polar surface area (TPSA) is 52.6 Å². The van der Waals surface area contributed by atoms with E-state index in [4.69, 9.17) is 0 Å². The molecule has 0 fully saturated rings. The lowest BCUT2D eigenvalue weighted by Gasteiger charge is -2.03. The molecule has 0 radical (unpaired) electrons. The third-order valence-corrected chi connectivity index (χ3v) is 1.06. The predicted octanol–water partition coefficient (Wildman–Crippen LogP) is 1.18. The van der Waals surface area contributed by atoms with E-state index in [1.54, 1.807) is 0 Å². The van der Waals surface area contributed by atoms with E-state index in [0.717, 1.165) is 0 Å². The molecule has 0 rings (SSSR count). The van der Waals surface area contributed by atoms with E-state index < -0.39 is 11.9 Å². The van der Waals surface area contributed by atoms with Gasteiger partial charge in [-0.25, -0.2) is 0 Å². The number of carbonyl (C=O) groups excluding carboxylic acids is 2. The molecule has 0 heterocycles. The number of ether oxygens (including phenoxy) is 2. The Labute approximate surface area is 76.8 Å². The Balaban J connectivity index is 3.43.